The highest BCUT2D eigenvalue weighted by atomic mass is 35.5. The summed E-state index contributed by atoms with van der Waals surface area (Å²) in [6.45, 7) is 0.428. The minimum absolute atomic E-state index is 0.269. The predicted octanol–water partition coefficient (Wildman–Crippen LogP) is 4.20. The van der Waals surface area contributed by atoms with Crippen LogP contribution >= 0.6 is 23.8 Å². The molecule has 15 heteroatoms. The van der Waals surface area contributed by atoms with Crippen LogP contribution in [0.2, 0.25) is 5.02 Å². The number of hydrogen-bond acceptors (Lipinski definition) is 11. The lowest BCUT2D eigenvalue weighted by Gasteiger charge is -2.23. The van der Waals surface area contributed by atoms with Gasteiger partial charge in [0.05, 0.1) is 52.3 Å². The van der Waals surface area contributed by atoms with Gasteiger partial charge >= 0.3 is 0 Å². The zero-order valence-corrected chi connectivity index (χ0v) is 28.6. The minimum Gasteiger partial charge on any atom is -0.389 e. The van der Waals surface area contributed by atoms with E-state index in [1.807, 2.05) is 54.7 Å². The Morgan fingerprint density at radius 3 is 2.80 bits per heavy atom. The van der Waals surface area contributed by atoms with Crippen molar-refractivity contribution in [1.29, 1.82) is 0 Å². The molecule has 3 heterocycles. The Balaban J connectivity index is 1.06. The van der Waals surface area contributed by atoms with Crippen molar-refractivity contribution in [1.82, 2.24) is 39.8 Å². The van der Waals surface area contributed by atoms with Gasteiger partial charge in [-0.3, -0.25) is 4.79 Å². The van der Waals surface area contributed by atoms with E-state index >= 15 is 0 Å². The number of carbonyl (C=O) groups is 1. The Morgan fingerprint density at radius 2 is 2.02 bits per heavy atom. The van der Waals surface area contributed by atoms with Crippen LogP contribution in [0, 0.1) is 23.2 Å². The van der Waals surface area contributed by atoms with Crippen molar-refractivity contribution in [2.75, 3.05) is 12.4 Å². The number of aryl methyl sites for hydroxylation is 1. The maximum Gasteiger partial charge on any atom is 0.229 e. The van der Waals surface area contributed by atoms with Crippen LogP contribution in [0.25, 0.3) is 16.9 Å². The van der Waals surface area contributed by atoms with Gasteiger partial charge in [0, 0.05) is 31.0 Å². The molecule has 2 saturated carbocycles. The molecule has 0 spiro atoms. The van der Waals surface area contributed by atoms with Crippen LogP contribution in [0.15, 0.2) is 66.0 Å². The number of unbranched alkanes of at least 4 members (excludes halogenated alkanes) is 2. The molecular formula is C35H33ClN10O3S. The van der Waals surface area contributed by atoms with E-state index < -0.39 is 23.7 Å². The number of nitrogens with zero attached hydrogens (tertiary/aromatic N) is 8. The number of fused-ring (bicyclic) bond motifs is 2. The molecule has 2 aliphatic carbocycles. The molecule has 5 atom stereocenters. The Kier molecular flexibility index (Phi) is 9.42. The number of aliphatic hydroxyl groups is 2. The van der Waals surface area contributed by atoms with Crippen LogP contribution in [-0.4, -0.2) is 75.1 Å². The van der Waals surface area contributed by atoms with Gasteiger partial charge < -0.3 is 25.4 Å². The monoisotopic (exact) mass is 708 g/mol. The molecule has 7 rings (SSSR count). The molecule has 2 aromatic carbocycles. The highest BCUT2D eigenvalue weighted by Crippen LogP contribution is 2.67. The first-order chi connectivity index (χ1) is 24.3. The molecular weight excluding hydrogens is 676 g/mol. The average Bonchev–Trinajstić information content (AvgIpc) is 3.35. The molecule has 50 heavy (non-hydrogen) atoms. The molecule has 1 unspecified atom stereocenters. The van der Waals surface area contributed by atoms with Crippen LogP contribution in [0.5, 0.6) is 0 Å². The quantitative estimate of drug-likeness (QED) is 0.0676. The van der Waals surface area contributed by atoms with Gasteiger partial charge in [0.25, 0.3) is 0 Å². The molecule has 4 N–H and O–H groups in total. The van der Waals surface area contributed by atoms with Crippen LogP contribution in [0.1, 0.15) is 48.8 Å². The van der Waals surface area contributed by atoms with Gasteiger partial charge in [-0.25, -0.2) is 19.6 Å². The molecule has 13 nitrogen and oxygen atoms in total. The highest BCUT2D eigenvalue weighted by Gasteiger charge is 2.75. The van der Waals surface area contributed by atoms with Gasteiger partial charge in [-0.1, -0.05) is 34.9 Å². The van der Waals surface area contributed by atoms with Gasteiger partial charge in [0.2, 0.25) is 11.7 Å². The first-order valence-electron chi connectivity index (χ1n) is 16.2. The van der Waals surface area contributed by atoms with E-state index in [9.17, 15) is 15.0 Å². The summed E-state index contributed by atoms with van der Waals surface area (Å²) in [5.41, 5.74) is 3.35. The number of aliphatic imine (C=N–C) groups is 1. The Morgan fingerprint density at radius 1 is 1.18 bits per heavy atom. The number of isothiocyanates is 1. The van der Waals surface area contributed by atoms with Crippen molar-refractivity contribution in [3.8, 4) is 17.5 Å². The van der Waals surface area contributed by atoms with Gasteiger partial charge in [-0.05, 0) is 85.8 Å². The lowest BCUT2D eigenvalue weighted by Crippen LogP contribution is -2.41. The third-order valence-corrected chi connectivity index (χ3v) is 9.76. The second-order valence-electron chi connectivity index (χ2n) is 12.4. The second-order valence-corrected chi connectivity index (χ2v) is 13.1. The van der Waals surface area contributed by atoms with Crippen molar-refractivity contribution in [3.63, 3.8) is 0 Å². The van der Waals surface area contributed by atoms with Crippen molar-refractivity contribution < 1.29 is 15.0 Å². The highest BCUT2D eigenvalue weighted by molar-refractivity contribution is 7.78. The van der Waals surface area contributed by atoms with E-state index in [1.165, 1.54) is 7.05 Å². The van der Waals surface area contributed by atoms with Crippen molar-refractivity contribution >= 4 is 57.6 Å². The molecule has 3 aromatic heterocycles. The van der Waals surface area contributed by atoms with E-state index in [0.29, 0.717) is 47.2 Å². The largest absolute Gasteiger partial charge is 0.389 e. The summed E-state index contributed by atoms with van der Waals surface area (Å²) in [6.07, 6.45) is 4.65. The molecule has 0 radical (unpaired) electrons. The molecule has 0 bridgehead atoms. The normalized spacial score (nSPS) is 21.9. The minimum atomic E-state index is -1.20. The number of hydrogen-bond donors (Lipinski definition) is 4. The smallest absolute Gasteiger partial charge is 0.229 e. The Labute approximate surface area is 297 Å². The maximum absolute atomic E-state index is 12.7. The lowest BCUT2D eigenvalue weighted by molar-refractivity contribution is -0.132. The summed E-state index contributed by atoms with van der Waals surface area (Å²) >= 11 is 10.9. The zero-order valence-electron chi connectivity index (χ0n) is 27.0. The molecule has 0 aliphatic heterocycles. The Hall–Kier alpha value is -5.03. The lowest BCUT2D eigenvalue weighted by atomic mass is 9.98. The maximum atomic E-state index is 12.7. The number of amides is 1. The number of anilines is 1. The SMILES string of the molecule is CNC(=O)[C@]12CC1[C@@H](n1cnc3c(NCc4cccc(Cl)c4)nc(C#CCCCCc4cn(-c5ccc(N=C=S)cc5)nn4)nc31)[C@H](O)[C@@H]2O. The van der Waals surface area contributed by atoms with Gasteiger partial charge in [0.1, 0.15) is 6.10 Å². The first kappa shape index (κ1) is 33.5. The summed E-state index contributed by atoms with van der Waals surface area (Å²) < 4.78 is 3.47. The molecule has 0 saturated heterocycles. The summed E-state index contributed by atoms with van der Waals surface area (Å²) in [7, 11) is 1.54. The number of aliphatic hydroxyl groups excluding tert-OH is 2. The average molecular weight is 709 g/mol. The second kappa shape index (κ2) is 14.1. The fourth-order valence-corrected chi connectivity index (χ4v) is 7.18. The number of halogens is 1. The van der Waals surface area contributed by atoms with Gasteiger partial charge in [-0.15, -0.1) is 5.10 Å². The van der Waals surface area contributed by atoms with Crippen LogP contribution < -0.4 is 10.6 Å². The fraction of sp³-hybridized carbons (Fsp3) is 0.343. The van der Waals surface area contributed by atoms with Crippen LogP contribution in [0.4, 0.5) is 11.5 Å². The van der Waals surface area contributed by atoms with E-state index in [2.05, 4.69) is 60.1 Å². The van der Waals surface area contributed by atoms with E-state index in [-0.39, 0.29) is 11.8 Å². The third kappa shape index (κ3) is 6.37. The summed E-state index contributed by atoms with van der Waals surface area (Å²) in [5, 5.41) is 39.6. The van der Waals surface area contributed by atoms with Gasteiger partial charge in [0.15, 0.2) is 17.0 Å². The Bertz CT molecular complexity index is 2170. The molecule has 1 amide bonds. The van der Waals surface area contributed by atoms with E-state index in [0.717, 1.165) is 41.9 Å². The predicted molar refractivity (Wildman–Crippen MR) is 190 cm³/mol. The molecule has 2 fully saturated rings. The third-order valence-electron chi connectivity index (χ3n) is 9.43. The fourth-order valence-electron chi connectivity index (χ4n) is 6.87. The number of nitrogens with one attached hydrogen (secondary N) is 2. The van der Waals surface area contributed by atoms with E-state index in [4.69, 9.17) is 21.6 Å². The van der Waals surface area contributed by atoms with Crippen molar-refractivity contribution in [3.05, 3.63) is 83.2 Å². The number of benzene rings is 2. The van der Waals surface area contributed by atoms with E-state index in [1.54, 1.807) is 15.6 Å². The molecule has 254 valence electrons. The van der Waals surface area contributed by atoms with Crippen LogP contribution in [0.3, 0.4) is 0 Å². The number of carbonyl (C=O) groups excluding carboxylic acids is 1. The first-order valence-corrected chi connectivity index (χ1v) is 17.0. The zero-order chi connectivity index (χ0) is 34.8. The summed E-state index contributed by atoms with van der Waals surface area (Å²) in [6, 6.07) is 14.4. The number of aromatic nitrogens is 7. The molecule has 2 aliphatic rings. The topological polar surface area (TPSA) is 168 Å². The van der Waals surface area contributed by atoms with Crippen LogP contribution in [-0.2, 0) is 17.8 Å². The van der Waals surface area contributed by atoms with Crippen molar-refractivity contribution in [2.45, 2.75) is 56.9 Å². The number of imidazole rings is 1. The number of thiocarbonyl (C=S) groups is 1. The van der Waals surface area contributed by atoms with Crippen molar-refractivity contribution in [2.24, 2.45) is 16.3 Å². The summed E-state index contributed by atoms with van der Waals surface area (Å²) in [4.78, 5) is 30.8. The molecule has 5 aromatic rings. The van der Waals surface area contributed by atoms with Gasteiger partial charge in [-0.2, -0.15) is 4.99 Å². The summed E-state index contributed by atoms with van der Waals surface area (Å²) in [5.74, 6) is 6.52. The number of rotatable bonds is 11. The standard InChI is InChI=1S/C35H33ClN10O3S/c1-37-34(49)35-16-26(35)29(30(47)31(35)48)45-19-39-28-32(38-17-21-7-6-8-22(36)15-21)41-27(42-33(28)45)10-5-3-2-4-9-24-18-46(44-43-24)25-13-11-23(12-14-25)40-20-50/h6-8,11-15,18-19,26,29-31,47-48H,2-4,9,16-17H2,1H3,(H,37,49)(H,38,41,42)/t26?,29-,30+,31+,35-/m1/s1.